The number of carbonyl (C=O) groups excluding carboxylic acids is 1. The first kappa shape index (κ1) is 13.1. The van der Waals surface area contributed by atoms with Crippen LogP contribution in [0.5, 0.6) is 0 Å². The highest BCUT2D eigenvalue weighted by atomic mass is 16.5. The van der Waals surface area contributed by atoms with E-state index in [-0.39, 0.29) is 0 Å². The highest BCUT2D eigenvalue weighted by molar-refractivity contribution is 5.85. The van der Waals surface area contributed by atoms with Gasteiger partial charge >= 0.3 is 0 Å². The lowest BCUT2D eigenvalue weighted by Crippen LogP contribution is -2.38. The Balaban J connectivity index is 1.67. The van der Waals surface area contributed by atoms with Crippen LogP contribution in [0.3, 0.4) is 0 Å². The zero-order valence-electron chi connectivity index (χ0n) is 11.3. The molecule has 0 bridgehead atoms. The fraction of sp³-hybridized carbons (Fsp3) is 0.933. The number of rotatable bonds is 7. The molecule has 0 aromatic heterocycles. The molecular formula is C15H26O2. The van der Waals surface area contributed by atoms with Crippen LogP contribution in [0, 0.1) is 11.3 Å². The van der Waals surface area contributed by atoms with E-state index >= 15 is 0 Å². The van der Waals surface area contributed by atoms with Crippen molar-refractivity contribution in [2.75, 3.05) is 7.11 Å². The van der Waals surface area contributed by atoms with Crippen molar-refractivity contribution in [3.8, 4) is 0 Å². The van der Waals surface area contributed by atoms with E-state index in [1.807, 2.05) is 7.11 Å². The third-order valence-corrected chi connectivity index (χ3v) is 5.17. The van der Waals surface area contributed by atoms with Gasteiger partial charge in [-0.2, -0.15) is 0 Å². The molecule has 0 aromatic carbocycles. The average Bonchev–Trinajstić information content (AvgIpc) is 2.51. The maximum Gasteiger partial charge on any atom is 0.136 e. The van der Waals surface area contributed by atoms with Crippen molar-refractivity contribution >= 4 is 5.78 Å². The number of hydrogen-bond acceptors (Lipinski definition) is 2. The number of ketones is 1. The summed E-state index contributed by atoms with van der Waals surface area (Å²) in [7, 11) is 1.81. The number of Topliss-reactive ketones (excluding diaryl/α,β-unsaturated/α-hetero) is 1. The molecule has 2 fully saturated rings. The van der Waals surface area contributed by atoms with Crippen LogP contribution in [-0.4, -0.2) is 19.0 Å². The topological polar surface area (TPSA) is 26.3 Å². The van der Waals surface area contributed by atoms with Gasteiger partial charge in [-0.05, 0) is 43.9 Å². The number of unbranched alkanes of at least 4 members (excludes halogenated alkanes) is 1. The minimum Gasteiger partial charge on any atom is -0.381 e. The molecule has 0 heterocycles. The molecule has 2 aliphatic rings. The van der Waals surface area contributed by atoms with Gasteiger partial charge in [0.25, 0.3) is 0 Å². The van der Waals surface area contributed by atoms with Crippen LogP contribution in [0.25, 0.3) is 0 Å². The number of hydrogen-bond donors (Lipinski definition) is 0. The second-order valence-corrected chi connectivity index (χ2v) is 5.93. The summed E-state index contributed by atoms with van der Waals surface area (Å²) in [5.74, 6) is 1.01. The van der Waals surface area contributed by atoms with Crippen LogP contribution >= 0.6 is 0 Å². The summed E-state index contributed by atoms with van der Waals surface area (Å²) >= 11 is 0. The third kappa shape index (κ3) is 2.57. The molecule has 0 radical (unpaired) electrons. The first-order valence-corrected chi connectivity index (χ1v) is 7.27. The van der Waals surface area contributed by atoms with Crippen LogP contribution < -0.4 is 0 Å². The van der Waals surface area contributed by atoms with E-state index in [2.05, 4.69) is 6.92 Å². The first-order valence-electron chi connectivity index (χ1n) is 7.27. The van der Waals surface area contributed by atoms with Crippen molar-refractivity contribution in [3.63, 3.8) is 0 Å². The molecule has 2 nitrogen and oxygen atoms in total. The van der Waals surface area contributed by atoms with Gasteiger partial charge < -0.3 is 4.74 Å². The van der Waals surface area contributed by atoms with Gasteiger partial charge in [0.15, 0.2) is 0 Å². The molecule has 2 heteroatoms. The first-order chi connectivity index (χ1) is 8.22. The van der Waals surface area contributed by atoms with Crippen LogP contribution in [-0.2, 0) is 9.53 Å². The van der Waals surface area contributed by atoms with E-state index in [0.29, 0.717) is 23.2 Å². The van der Waals surface area contributed by atoms with E-state index < -0.39 is 0 Å². The molecule has 0 saturated heterocycles. The van der Waals surface area contributed by atoms with Crippen LogP contribution in [0.15, 0.2) is 0 Å². The van der Waals surface area contributed by atoms with Gasteiger partial charge in [0.1, 0.15) is 5.78 Å². The summed E-state index contributed by atoms with van der Waals surface area (Å²) in [6.07, 6.45) is 11.1. The second-order valence-electron chi connectivity index (χ2n) is 5.93. The molecule has 17 heavy (non-hydrogen) atoms. The lowest BCUT2D eigenvalue weighted by molar-refractivity contribution is -0.126. The van der Waals surface area contributed by atoms with Crippen LogP contribution in [0.1, 0.15) is 64.7 Å². The van der Waals surface area contributed by atoms with E-state index in [0.717, 1.165) is 12.8 Å². The summed E-state index contributed by atoms with van der Waals surface area (Å²) in [4.78, 5) is 11.7. The Morgan fingerprint density at radius 1 is 1.41 bits per heavy atom. The van der Waals surface area contributed by atoms with Crippen molar-refractivity contribution in [1.29, 1.82) is 0 Å². The van der Waals surface area contributed by atoms with Crippen molar-refractivity contribution in [2.45, 2.75) is 70.8 Å². The van der Waals surface area contributed by atoms with Gasteiger partial charge in [0.05, 0.1) is 6.10 Å². The highest BCUT2D eigenvalue weighted by Crippen LogP contribution is 2.58. The summed E-state index contributed by atoms with van der Waals surface area (Å²) in [6, 6.07) is 0. The molecule has 98 valence electrons. The molecule has 0 amide bonds. The molecular weight excluding hydrogens is 212 g/mol. The lowest BCUT2D eigenvalue weighted by Gasteiger charge is -2.44. The van der Waals surface area contributed by atoms with Gasteiger partial charge in [-0.25, -0.2) is 0 Å². The predicted octanol–water partition coefficient (Wildman–Crippen LogP) is 3.73. The molecule has 2 aliphatic carbocycles. The highest BCUT2D eigenvalue weighted by Gasteiger charge is 2.53. The van der Waals surface area contributed by atoms with Crippen LogP contribution in [0.2, 0.25) is 0 Å². The Bertz CT molecular complexity index is 270. The number of fused-ring (bicyclic) bond motifs is 1. The normalized spacial score (nSPS) is 33.3. The van der Waals surface area contributed by atoms with Crippen molar-refractivity contribution in [2.24, 2.45) is 11.3 Å². The molecule has 2 rings (SSSR count). The fourth-order valence-corrected chi connectivity index (χ4v) is 3.81. The van der Waals surface area contributed by atoms with Gasteiger partial charge in [0, 0.05) is 19.4 Å². The average molecular weight is 238 g/mol. The molecule has 2 saturated carbocycles. The lowest BCUT2D eigenvalue weighted by atomic mass is 9.59. The minimum absolute atomic E-state index is 0.440. The Morgan fingerprint density at radius 3 is 2.76 bits per heavy atom. The molecule has 0 aliphatic heterocycles. The summed E-state index contributed by atoms with van der Waals surface area (Å²) in [5, 5.41) is 0. The van der Waals surface area contributed by atoms with Crippen molar-refractivity contribution in [1.82, 2.24) is 0 Å². The Morgan fingerprint density at radius 2 is 2.24 bits per heavy atom. The van der Waals surface area contributed by atoms with Crippen molar-refractivity contribution in [3.05, 3.63) is 0 Å². The number of methoxy groups -OCH3 is 1. The smallest absolute Gasteiger partial charge is 0.136 e. The molecule has 3 atom stereocenters. The van der Waals surface area contributed by atoms with Gasteiger partial charge in [0.2, 0.25) is 0 Å². The quantitative estimate of drug-likeness (QED) is 0.632. The number of carbonyl (C=O) groups is 1. The standard InChI is InChI=1S/C15H26O2/c1-3-12(17-2)6-4-5-9-15-10-7-13(15)14(16)8-11-15/h12-13H,3-11H2,1-2H3. The SMILES string of the molecule is CCC(CCCCC12CCC(=O)C1CC2)OC. The largest absolute Gasteiger partial charge is 0.381 e. The van der Waals surface area contributed by atoms with E-state index in [4.69, 9.17) is 4.74 Å². The maximum absolute atomic E-state index is 11.7. The Labute approximate surface area is 105 Å². The van der Waals surface area contributed by atoms with E-state index in [1.165, 1.54) is 44.9 Å². The molecule has 3 unspecified atom stereocenters. The third-order valence-electron chi connectivity index (χ3n) is 5.17. The molecule has 0 aromatic rings. The summed E-state index contributed by atoms with van der Waals surface area (Å²) < 4.78 is 5.39. The molecule has 0 spiro atoms. The van der Waals surface area contributed by atoms with E-state index in [9.17, 15) is 4.79 Å². The van der Waals surface area contributed by atoms with Gasteiger partial charge in [-0.1, -0.05) is 19.8 Å². The predicted molar refractivity (Wildman–Crippen MR) is 69.0 cm³/mol. The number of ether oxygens (including phenoxy) is 1. The van der Waals surface area contributed by atoms with E-state index in [1.54, 1.807) is 0 Å². The summed E-state index contributed by atoms with van der Waals surface area (Å²) in [6.45, 7) is 2.18. The maximum atomic E-state index is 11.7. The summed E-state index contributed by atoms with van der Waals surface area (Å²) in [5.41, 5.74) is 0.450. The fourth-order valence-electron chi connectivity index (χ4n) is 3.81. The Kier molecular flexibility index (Phi) is 4.24. The van der Waals surface area contributed by atoms with Gasteiger partial charge in [-0.15, -0.1) is 0 Å². The van der Waals surface area contributed by atoms with Crippen LogP contribution in [0.4, 0.5) is 0 Å². The zero-order chi connectivity index (χ0) is 12.3. The monoisotopic (exact) mass is 238 g/mol. The molecule has 0 N–H and O–H groups in total. The van der Waals surface area contributed by atoms with Gasteiger partial charge in [-0.3, -0.25) is 4.79 Å². The minimum atomic E-state index is 0.440. The zero-order valence-corrected chi connectivity index (χ0v) is 11.3. The second kappa shape index (κ2) is 5.51. The van der Waals surface area contributed by atoms with Crippen molar-refractivity contribution < 1.29 is 9.53 Å². The Hall–Kier alpha value is -0.370.